The van der Waals surface area contributed by atoms with Gasteiger partial charge < -0.3 is 11.1 Å². The number of rotatable bonds is 4. The Balaban J connectivity index is 1.96. The van der Waals surface area contributed by atoms with E-state index in [-0.39, 0.29) is 0 Å². The topological polar surface area (TPSA) is 63.8 Å². The van der Waals surface area contributed by atoms with E-state index >= 15 is 0 Å². The molecule has 3 N–H and O–H groups in total. The molecule has 0 saturated carbocycles. The van der Waals surface area contributed by atoms with Crippen LogP contribution in [-0.4, -0.2) is 33.0 Å². The number of aromatic nitrogens is 2. The number of hydrogen-bond donors (Lipinski definition) is 2. The van der Waals surface area contributed by atoms with Crippen molar-refractivity contribution in [2.24, 2.45) is 11.7 Å². The van der Waals surface area contributed by atoms with Crippen molar-refractivity contribution in [2.45, 2.75) is 12.8 Å². The van der Waals surface area contributed by atoms with E-state index in [0.29, 0.717) is 16.5 Å². The van der Waals surface area contributed by atoms with Gasteiger partial charge in [-0.1, -0.05) is 12.2 Å². The normalized spacial score (nSPS) is 16.7. The molecule has 0 aromatic carbocycles. The van der Waals surface area contributed by atoms with Crippen molar-refractivity contribution in [3.63, 3.8) is 0 Å². The van der Waals surface area contributed by atoms with Gasteiger partial charge in [0.2, 0.25) is 0 Å². The highest BCUT2D eigenvalue weighted by molar-refractivity contribution is 7.99. The number of nitrogens with one attached hydrogen (secondary N) is 1. The van der Waals surface area contributed by atoms with Crippen LogP contribution in [-0.2, 0) is 0 Å². The lowest BCUT2D eigenvalue weighted by molar-refractivity contribution is 0.515. The molecule has 2 heterocycles. The van der Waals surface area contributed by atoms with E-state index in [2.05, 4.69) is 15.3 Å². The molecule has 17 heavy (non-hydrogen) atoms. The first-order chi connectivity index (χ1) is 8.27. The molecule has 1 aromatic heterocycles. The molecule has 92 valence electrons. The van der Waals surface area contributed by atoms with Crippen molar-refractivity contribution in [3.05, 3.63) is 18.1 Å². The van der Waals surface area contributed by atoms with Gasteiger partial charge in [0.05, 0.1) is 0 Å². The Morgan fingerprint density at radius 2 is 2.12 bits per heavy atom. The second-order valence-electron chi connectivity index (χ2n) is 4.05. The Morgan fingerprint density at radius 1 is 1.41 bits per heavy atom. The molecule has 0 bridgehead atoms. The molecule has 0 spiro atoms. The van der Waals surface area contributed by atoms with E-state index in [1.165, 1.54) is 24.3 Å². The van der Waals surface area contributed by atoms with Crippen LogP contribution < -0.4 is 11.1 Å². The van der Waals surface area contributed by atoms with Gasteiger partial charge in [-0.25, -0.2) is 9.97 Å². The molecule has 1 fully saturated rings. The van der Waals surface area contributed by atoms with Crippen molar-refractivity contribution in [1.82, 2.24) is 9.97 Å². The summed E-state index contributed by atoms with van der Waals surface area (Å²) >= 11 is 6.98. The number of hydrogen-bond acceptors (Lipinski definition) is 5. The third-order valence-corrected chi connectivity index (χ3v) is 4.07. The van der Waals surface area contributed by atoms with Crippen LogP contribution in [0.3, 0.4) is 0 Å². The van der Waals surface area contributed by atoms with E-state index < -0.39 is 0 Å². The van der Waals surface area contributed by atoms with E-state index in [1.54, 1.807) is 12.4 Å². The Labute approximate surface area is 111 Å². The fraction of sp³-hybridized carbons (Fsp3) is 0.545. The van der Waals surface area contributed by atoms with Crippen molar-refractivity contribution in [1.29, 1.82) is 0 Å². The van der Waals surface area contributed by atoms with Crippen LogP contribution in [0, 0.1) is 5.92 Å². The molecule has 0 radical (unpaired) electrons. The second kappa shape index (κ2) is 6.16. The Morgan fingerprint density at radius 3 is 2.82 bits per heavy atom. The van der Waals surface area contributed by atoms with Gasteiger partial charge in [-0.2, -0.15) is 11.8 Å². The molecule has 0 unspecified atom stereocenters. The van der Waals surface area contributed by atoms with Gasteiger partial charge in [0.25, 0.3) is 0 Å². The minimum absolute atomic E-state index is 0.291. The van der Waals surface area contributed by atoms with Crippen LogP contribution in [0.2, 0.25) is 0 Å². The number of nitrogens with two attached hydrogens (primary N) is 1. The molecular weight excluding hydrogens is 252 g/mol. The molecule has 0 amide bonds. The van der Waals surface area contributed by atoms with Crippen LogP contribution in [0.1, 0.15) is 18.5 Å². The highest BCUT2D eigenvalue weighted by atomic mass is 32.2. The van der Waals surface area contributed by atoms with Crippen molar-refractivity contribution < 1.29 is 0 Å². The maximum atomic E-state index is 5.61. The molecule has 1 aliphatic rings. The fourth-order valence-electron chi connectivity index (χ4n) is 1.84. The maximum Gasteiger partial charge on any atom is 0.155 e. The van der Waals surface area contributed by atoms with E-state index in [9.17, 15) is 0 Å². The van der Waals surface area contributed by atoms with Crippen LogP contribution in [0.4, 0.5) is 5.82 Å². The third-order valence-electron chi connectivity index (χ3n) is 2.83. The lowest BCUT2D eigenvalue weighted by Gasteiger charge is -2.22. The first kappa shape index (κ1) is 12.6. The monoisotopic (exact) mass is 268 g/mol. The quantitative estimate of drug-likeness (QED) is 0.810. The van der Waals surface area contributed by atoms with Gasteiger partial charge >= 0.3 is 0 Å². The predicted octanol–water partition coefficient (Wildman–Crippen LogP) is 1.67. The lowest BCUT2D eigenvalue weighted by atomic mass is 10.0. The summed E-state index contributed by atoms with van der Waals surface area (Å²) in [5.41, 5.74) is 6.20. The maximum absolute atomic E-state index is 5.61. The molecule has 2 rings (SSSR count). The van der Waals surface area contributed by atoms with Crippen molar-refractivity contribution in [2.75, 3.05) is 23.4 Å². The number of thioether (sulfide) groups is 1. The fourth-order valence-corrected chi connectivity index (χ4v) is 3.19. The highest BCUT2D eigenvalue weighted by Gasteiger charge is 2.15. The SMILES string of the molecule is NC(=S)c1nccnc1NCC1CCSCC1. The molecule has 0 atom stereocenters. The Kier molecular flexibility index (Phi) is 4.56. The van der Waals surface area contributed by atoms with Gasteiger partial charge in [0.1, 0.15) is 10.7 Å². The molecule has 1 aromatic rings. The first-order valence-electron chi connectivity index (χ1n) is 5.70. The largest absolute Gasteiger partial charge is 0.388 e. The molecule has 1 saturated heterocycles. The Bertz CT molecular complexity index is 391. The van der Waals surface area contributed by atoms with Crippen LogP contribution in [0.5, 0.6) is 0 Å². The summed E-state index contributed by atoms with van der Waals surface area (Å²) in [7, 11) is 0. The van der Waals surface area contributed by atoms with Crippen LogP contribution in [0.25, 0.3) is 0 Å². The molecule has 0 aliphatic carbocycles. The van der Waals surface area contributed by atoms with Gasteiger partial charge in [0.15, 0.2) is 5.82 Å². The summed E-state index contributed by atoms with van der Waals surface area (Å²) in [5, 5.41) is 3.31. The van der Waals surface area contributed by atoms with E-state index in [4.69, 9.17) is 18.0 Å². The van der Waals surface area contributed by atoms with Crippen molar-refractivity contribution >= 4 is 34.8 Å². The number of thiocarbonyl (C=S) groups is 1. The van der Waals surface area contributed by atoms with Gasteiger partial charge in [-0.05, 0) is 30.3 Å². The predicted molar refractivity (Wildman–Crippen MR) is 76.5 cm³/mol. The average molecular weight is 268 g/mol. The highest BCUT2D eigenvalue weighted by Crippen LogP contribution is 2.23. The lowest BCUT2D eigenvalue weighted by Crippen LogP contribution is -2.22. The van der Waals surface area contributed by atoms with Crippen molar-refractivity contribution in [3.8, 4) is 0 Å². The summed E-state index contributed by atoms with van der Waals surface area (Å²) < 4.78 is 0. The summed E-state index contributed by atoms with van der Waals surface area (Å²) in [6, 6.07) is 0. The second-order valence-corrected chi connectivity index (χ2v) is 5.72. The smallest absolute Gasteiger partial charge is 0.155 e. The minimum Gasteiger partial charge on any atom is -0.388 e. The van der Waals surface area contributed by atoms with E-state index in [1.807, 2.05) is 11.8 Å². The zero-order chi connectivity index (χ0) is 12.1. The molecule has 4 nitrogen and oxygen atoms in total. The van der Waals surface area contributed by atoms with Gasteiger partial charge in [0, 0.05) is 18.9 Å². The summed E-state index contributed by atoms with van der Waals surface area (Å²) in [6.07, 6.45) is 5.79. The zero-order valence-corrected chi connectivity index (χ0v) is 11.2. The third kappa shape index (κ3) is 3.54. The van der Waals surface area contributed by atoms with Gasteiger partial charge in [-0.15, -0.1) is 0 Å². The number of nitrogens with zero attached hydrogens (tertiary/aromatic N) is 2. The zero-order valence-electron chi connectivity index (χ0n) is 9.56. The minimum atomic E-state index is 0.291. The molecule has 6 heteroatoms. The van der Waals surface area contributed by atoms with E-state index in [0.717, 1.165) is 12.5 Å². The molecular formula is C11H16N4S2. The summed E-state index contributed by atoms with van der Waals surface area (Å²) in [6.45, 7) is 0.925. The summed E-state index contributed by atoms with van der Waals surface area (Å²) in [4.78, 5) is 8.68. The molecule has 1 aliphatic heterocycles. The average Bonchev–Trinajstić information content (AvgIpc) is 2.38. The number of anilines is 1. The Hall–Kier alpha value is -0.880. The van der Waals surface area contributed by atoms with Crippen LogP contribution >= 0.6 is 24.0 Å². The standard InChI is InChI=1S/C11H16N4S2/c12-10(16)9-11(14-4-3-13-9)15-7-8-1-5-17-6-2-8/h3-4,8H,1-2,5-7H2,(H2,12,16)(H,14,15). The first-order valence-corrected chi connectivity index (χ1v) is 7.26. The van der Waals surface area contributed by atoms with Gasteiger partial charge in [-0.3, -0.25) is 0 Å². The summed E-state index contributed by atoms with van der Waals surface area (Å²) in [5.74, 6) is 3.94. The van der Waals surface area contributed by atoms with Crippen LogP contribution in [0.15, 0.2) is 12.4 Å².